The molecule has 0 amide bonds. The van der Waals surface area contributed by atoms with E-state index in [1.807, 2.05) is 24.3 Å². The van der Waals surface area contributed by atoms with Crippen LogP contribution in [0, 0.1) is 24.0 Å². The fourth-order valence-electron chi connectivity index (χ4n) is 9.90. The molecule has 0 saturated carbocycles. The molecule has 4 aliphatic carbocycles. The molecular weight excluding hydrogens is 682 g/mol. The molecule has 9 rings (SSSR count). The Balaban J connectivity index is 1.29. The predicted molar refractivity (Wildman–Crippen MR) is 201 cm³/mol. The van der Waals surface area contributed by atoms with Crippen LogP contribution in [0.15, 0.2) is 57.4 Å². The SMILES string of the molecule is Cc1c(C(c2cccc([N+](=O)[O-])c2)c2oc3c(c2C)C(=O)C(=O)c2c-3ccc3c2CCCC3(C)C)oc2c1C(=O)C(=O)c1c-2ccc2c1CCCC2(C)C. The number of Topliss-reactive ketones (excluding diaryl/α,β-unsaturated/α-hetero) is 4. The van der Waals surface area contributed by atoms with Gasteiger partial charge in [-0.2, -0.15) is 0 Å². The van der Waals surface area contributed by atoms with Crippen molar-refractivity contribution in [2.45, 2.75) is 96.8 Å². The average Bonchev–Trinajstić information content (AvgIpc) is 3.65. The van der Waals surface area contributed by atoms with E-state index in [2.05, 4.69) is 27.7 Å². The zero-order chi connectivity index (χ0) is 38.2. The minimum atomic E-state index is -0.980. The maximum absolute atomic E-state index is 14.1. The highest BCUT2D eigenvalue weighted by Crippen LogP contribution is 2.51. The van der Waals surface area contributed by atoms with E-state index in [-0.39, 0.29) is 50.7 Å². The second-order valence-electron chi connectivity index (χ2n) is 16.7. The number of benzene rings is 3. The Kier molecular flexibility index (Phi) is 7.20. The zero-order valence-electron chi connectivity index (χ0n) is 31.2. The molecule has 0 atom stereocenters. The lowest BCUT2D eigenvalue weighted by atomic mass is 9.69. The third-order valence-corrected chi connectivity index (χ3v) is 12.7. The highest BCUT2D eigenvalue weighted by molar-refractivity contribution is 6.54. The van der Waals surface area contributed by atoms with Crippen molar-refractivity contribution in [3.63, 3.8) is 0 Å². The maximum Gasteiger partial charge on any atom is 0.269 e. The van der Waals surface area contributed by atoms with Gasteiger partial charge < -0.3 is 8.83 Å². The first-order valence-electron chi connectivity index (χ1n) is 18.6. The van der Waals surface area contributed by atoms with E-state index in [0.717, 1.165) is 47.9 Å². The molecule has 54 heavy (non-hydrogen) atoms. The molecule has 9 nitrogen and oxygen atoms in total. The van der Waals surface area contributed by atoms with Gasteiger partial charge in [0.25, 0.3) is 5.69 Å². The smallest absolute Gasteiger partial charge is 0.269 e. The summed E-state index contributed by atoms with van der Waals surface area (Å²) in [5.41, 5.74) is 6.71. The summed E-state index contributed by atoms with van der Waals surface area (Å²) in [7, 11) is 0. The van der Waals surface area contributed by atoms with E-state index in [0.29, 0.717) is 51.8 Å². The van der Waals surface area contributed by atoms with Gasteiger partial charge in [-0.15, -0.1) is 0 Å². The van der Waals surface area contributed by atoms with Crippen molar-refractivity contribution >= 4 is 28.8 Å². The quantitative estimate of drug-likeness (QED) is 0.102. The minimum absolute atomic E-state index is 0.146. The molecule has 5 aromatic rings. The monoisotopic (exact) mass is 721 g/mol. The second kappa shape index (κ2) is 11.4. The van der Waals surface area contributed by atoms with Gasteiger partial charge in [0.2, 0.25) is 23.1 Å². The van der Waals surface area contributed by atoms with Crippen LogP contribution in [0.25, 0.3) is 22.6 Å². The first-order valence-corrected chi connectivity index (χ1v) is 18.6. The lowest BCUT2D eigenvalue weighted by Gasteiger charge is -2.34. The number of hydrogen-bond donors (Lipinski definition) is 0. The van der Waals surface area contributed by atoms with Crippen molar-refractivity contribution in [2.75, 3.05) is 0 Å². The Morgan fingerprint density at radius 1 is 0.648 bits per heavy atom. The molecular formula is C45H39NO8. The molecule has 2 aromatic heterocycles. The summed E-state index contributed by atoms with van der Waals surface area (Å²) in [5.74, 6) is -2.42. The van der Waals surface area contributed by atoms with Gasteiger partial charge in [-0.25, -0.2) is 0 Å². The molecule has 4 aliphatic rings. The zero-order valence-corrected chi connectivity index (χ0v) is 31.2. The number of nitrogens with zero attached hydrogens (tertiary/aromatic N) is 1. The van der Waals surface area contributed by atoms with Crippen molar-refractivity contribution in [1.82, 2.24) is 0 Å². The van der Waals surface area contributed by atoms with Crippen molar-refractivity contribution in [1.29, 1.82) is 0 Å². The van der Waals surface area contributed by atoms with E-state index in [9.17, 15) is 29.3 Å². The molecule has 0 spiro atoms. The number of nitro benzene ring substituents is 1. The molecule has 0 unspecified atom stereocenters. The average molecular weight is 722 g/mol. The summed E-state index contributed by atoms with van der Waals surface area (Å²) in [4.78, 5) is 67.8. The number of ketones is 4. The summed E-state index contributed by atoms with van der Waals surface area (Å²) in [6, 6.07) is 13.9. The third-order valence-electron chi connectivity index (χ3n) is 12.7. The van der Waals surface area contributed by atoms with Crippen LogP contribution < -0.4 is 0 Å². The summed E-state index contributed by atoms with van der Waals surface area (Å²) in [6.07, 6.45) is 5.04. The maximum atomic E-state index is 14.1. The standard InChI is InChI=1S/C45H39NO8/c1-21-31-36(47)38(49)34-25-12-8-18-44(3,4)29(25)16-14-27(34)42(31)53-40(21)33(23-10-7-11-24(20-23)46(51)52)41-22(2)32-37(48)39(50)35-26-13-9-19-45(5,6)30(26)17-15-28(35)43(32)54-41/h7,10-11,14-17,20,33H,8-9,12-13,18-19H2,1-6H3. The lowest BCUT2D eigenvalue weighted by Crippen LogP contribution is -2.29. The molecule has 0 bridgehead atoms. The molecule has 0 fully saturated rings. The van der Waals surface area contributed by atoms with Crippen molar-refractivity contribution in [3.05, 3.63) is 131 Å². The van der Waals surface area contributed by atoms with Gasteiger partial charge in [0, 0.05) is 45.5 Å². The minimum Gasteiger partial charge on any atom is -0.459 e. The number of furan rings is 2. The van der Waals surface area contributed by atoms with Gasteiger partial charge in [-0.05, 0) is 91.0 Å². The summed E-state index contributed by atoms with van der Waals surface area (Å²) in [5, 5.41) is 12.1. The number of rotatable bonds is 4. The molecule has 2 heterocycles. The van der Waals surface area contributed by atoms with Crippen LogP contribution in [0.3, 0.4) is 0 Å². The van der Waals surface area contributed by atoms with Crippen molar-refractivity contribution in [3.8, 4) is 22.6 Å². The highest BCUT2D eigenvalue weighted by Gasteiger charge is 2.45. The molecule has 272 valence electrons. The number of non-ortho nitro benzene ring substituents is 1. The van der Waals surface area contributed by atoms with E-state index < -0.39 is 34.0 Å². The van der Waals surface area contributed by atoms with Crippen LogP contribution in [0.2, 0.25) is 0 Å². The first-order chi connectivity index (χ1) is 25.6. The topological polar surface area (TPSA) is 138 Å². The van der Waals surface area contributed by atoms with Crippen LogP contribution in [0.4, 0.5) is 5.69 Å². The largest absolute Gasteiger partial charge is 0.459 e. The van der Waals surface area contributed by atoms with Gasteiger partial charge in [0.15, 0.2) is 0 Å². The first kappa shape index (κ1) is 34.1. The summed E-state index contributed by atoms with van der Waals surface area (Å²) in [6.45, 7) is 12.0. The van der Waals surface area contributed by atoms with Crippen molar-refractivity contribution < 1.29 is 32.9 Å². The Hall–Kier alpha value is -5.70. The number of nitro groups is 1. The second-order valence-corrected chi connectivity index (χ2v) is 16.7. The van der Waals surface area contributed by atoms with Gasteiger partial charge in [-0.3, -0.25) is 29.3 Å². The summed E-state index contributed by atoms with van der Waals surface area (Å²) >= 11 is 0. The fourth-order valence-corrected chi connectivity index (χ4v) is 9.90. The summed E-state index contributed by atoms with van der Waals surface area (Å²) < 4.78 is 13.5. The van der Waals surface area contributed by atoms with Crippen LogP contribution in [0.5, 0.6) is 0 Å². The van der Waals surface area contributed by atoms with Gasteiger partial charge >= 0.3 is 0 Å². The predicted octanol–water partition coefficient (Wildman–Crippen LogP) is 9.90. The van der Waals surface area contributed by atoms with E-state index >= 15 is 0 Å². The molecule has 0 N–H and O–H groups in total. The Morgan fingerprint density at radius 2 is 1.09 bits per heavy atom. The van der Waals surface area contributed by atoms with Crippen LogP contribution in [-0.2, 0) is 23.7 Å². The molecule has 3 aromatic carbocycles. The molecule has 0 aliphatic heterocycles. The van der Waals surface area contributed by atoms with E-state index in [1.54, 1.807) is 26.0 Å². The molecule has 9 heteroatoms. The van der Waals surface area contributed by atoms with E-state index in [1.165, 1.54) is 12.1 Å². The Labute approximate surface area is 311 Å². The molecule has 0 saturated heterocycles. The van der Waals surface area contributed by atoms with Gasteiger partial charge in [-0.1, -0.05) is 64.1 Å². The number of carbonyl (C=O) groups is 4. The van der Waals surface area contributed by atoms with Gasteiger partial charge in [0.05, 0.1) is 16.1 Å². The van der Waals surface area contributed by atoms with Crippen LogP contribution >= 0.6 is 0 Å². The van der Waals surface area contributed by atoms with Crippen LogP contribution in [-0.4, -0.2) is 28.1 Å². The Morgan fingerprint density at radius 3 is 1.54 bits per heavy atom. The van der Waals surface area contributed by atoms with Crippen LogP contribution in [0.1, 0.15) is 151 Å². The highest BCUT2D eigenvalue weighted by atomic mass is 16.6. The number of carbonyl (C=O) groups excluding carboxylic acids is 4. The van der Waals surface area contributed by atoms with Crippen molar-refractivity contribution in [2.24, 2.45) is 0 Å². The molecule has 0 radical (unpaired) electrons. The van der Waals surface area contributed by atoms with Gasteiger partial charge in [0.1, 0.15) is 29.0 Å². The number of hydrogen-bond acceptors (Lipinski definition) is 8. The third kappa shape index (κ3) is 4.56. The van der Waals surface area contributed by atoms with E-state index in [4.69, 9.17) is 8.83 Å². The Bertz CT molecular complexity index is 2440. The normalized spacial score (nSPS) is 17.8. The lowest BCUT2D eigenvalue weighted by molar-refractivity contribution is -0.384. The number of fused-ring (bicyclic) bond motifs is 10. The fraction of sp³-hybridized carbons (Fsp3) is 0.333.